The number of benzene rings is 5. The zero-order chi connectivity index (χ0) is 39.9. The van der Waals surface area contributed by atoms with Gasteiger partial charge in [-0.05, 0) is 115 Å². The predicted octanol–water partition coefficient (Wildman–Crippen LogP) is 11.2. The maximum Gasteiger partial charge on any atom is 0.416 e. The van der Waals surface area contributed by atoms with Crippen LogP contribution >= 0.6 is 15.8 Å². The van der Waals surface area contributed by atoms with Gasteiger partial charge in [0.25, 0.3) is 0 Å². The smallest absolute Gasteiger partial charge is 0.166 e. The van der Waals surface area contributed by atoms with Crippen molar-refractivity contribution in [2.24, 2.45) is 0 Å². The fraction of sp³-hybridized carbons (Fsp3) is 0.146. The minimum Gasteiger partial charge on any atom is -0.166 e. The van der Waals surface area contributed by atoms with Crippen LogP contribution in [0.15, 0.2) is 121 Å². The molecule has 0 amide bonds. The molecule has 0 aliphatic heterocycles. The standard InChI is InChI=1S/C41H27F12P2/c1-25(26-16-17-27(18-26)36-14-8-9-15-37(36)55(32-10-4-2-5-11-32)33-12-6-3-7-13-33)54(34-21-28(38(42,43)44)19-29(22-34)39(45,46)47)35-23-30(40(48,49)50)20-31(24-35)41(51,52)53/h2-25H,1H3/t25-/m1/s1. The van der Waals surface area contributed by atoms with Crippen molar-refractivity contribution in [2.75, 3.05) is 0 Å². The van der Waals surface area contributed by atoms with Gasteiger partial charge >= 0.3 is 24.7 Å². The summed E-state index contributed by atoms with van der Waals surface area (Å²) in [5.74, 6) is 0.878. The third-order valence-corrected chi connectivity index (χ3v) is 14.0. The van der Waals surface area contributed by atoms with Crippen molar-refractivity contribution in [3.8, 4) is 0 Å². The van der Waals surface area contributed by atoms with Gasteiger partial charge in [-0.3, -0.25) is 0 Å². The van der Waals surface area contributed by atoms with Gasteiger partial charge in [-0.25, -0.2) is 0 Å². The molecule has 0 N–H and O–H groups in total. The minimum atomic E-state index is -5.32. The second-order valence-corrected chi connectivity index (χ2v) is 17.3. The van der Waals surface area contributed by atoms with E-state index in [0.717, 1.165) is 21.5 Å². The maximum absolute atomic E-state index is 14.0. The molecule has 5 aromatic carbocycles. The first-order chi connectivity index (χ1) is 25.7. The van der Waals surface area contributed by atoms with E-state index in [0.29, 0.717) is 30.2 Å². The Labute approximate surface area is 312 Å². The fourth-order valence-corrected chi connectivity index (χ4v) is 11.5. The van der Waals surface area contributed by atoms with Gasteiger partial charge in [0.15, 0.2) is 0 Å². The summed E-state index contributed by atoms with van der Waals surface area (Å²) in [6, 6.07) is 27.9. The molecular formula is C41H27F12P2. The molecule has 14 heteroatoms. The number of rotatable bonds is 8. The Kier molecular flexibility index (Phi) is 11.5. The molecule has 1 saturated carbocycles. The summed E-state index contributed by atoms with van der Waals surface area (Å²) < 4.78 is 169. The van der Waals surface area contributed by atoms with Crippen molar-refractivity contribution in [3.63, 3.8) is 0 Å². The first-order valence-electron chi connectivity index (χ1n) is 16.4. The van der Waals surface area contributed by atoms with Crippen LogP contribution in [-0.2, 0) is 24.7 Å². The Balaban J connectivity index is 1.47. The summed E-state index contributed by atoms with van der Waals surface area (Å²) in [6.45, 7) is 1.37. The summed E-state index contributed by atoms with van der Waals surface area (Å²) in [5, 5.41) is 1.53. The van der Waals surface area contributed by atoms with Crippen molar-refractivity contribution in [2.45, 2.75) is 37.3 Å². The van der Waals surface area contributed by atoms with Gasteiger partial charge in [0.2, 0.25) is 0 Å². The van der Waals surface area contributed by atoms with E-state index in [4.69, 9.17) is 0 Å². The SMILES string of the molecule is C[C@H]([C]1[CH][CH][C](c2ccccc2P(c2ccccc2)c2ccccc2)[CH]1)P(c1cc(C(F)(F)F)cc(C(F)(F)F)c1)c1cc(C(F)(F)F)cc(C(F)(F)F)c1. The molecule has 1 aliphatic rings. The number of hydrogen-bond donors (Lipinski definition) is 0. The molecule has 0 unspecified atom stereocenters. The summed E-state index contributed by atoms with van der Waals surface area (Å²) in [7, 11) is -3.95. The zero-order valence-corrected chi connectivity index (χ0v) is 30.1. The number of alkyl halides is 12. The highest BCUT2D eigenvalue weighted by atomic mass is 31.1. The van der Waals surface area contributed by atoms with Gasteiger partial charge in [-0.15, -0.1) is 0 Å². The molecular weight excluding hydrogens is 782 g/mol. The highest BCUT2D eigenvalue weighted by molar-refractivity contribution is 7.80. The van der Waals surface area contributed by atoms with Gasteiger partial charge in [0, 0.05) is 5.92 Å². The normalized spacial score (nSPS) is 15.6. The molecule has 0 bridgehead atoms. The average molecular weight is 810 g/mol. The summed E-state index contributed by atoms with van der Waals surface area (Å²) in [5.41, 5.74) is -7.41. The predicted molar refractivity (Wildman–Crippen MR) is 192 cm³/mol. The van der Waals surface area contributed by atoms with Gasteiger partial charge in [0.1, 0.15) is 0 Å². The van der Waals surface area contributed by atoms with Crippen molar-refractivity contribution in [3.05, 3.63) is 180 Å². The molecule has 1 atom stereocenters. The quantitative estimate of drug-likeness (QED) is 0.108. The molecule has 285 valence electrons. The van der Waals surface area contributed by atoms with Crippen LogP contribution in [0.1, 0.15) is 34.7 Å². The van der Waals surface area contributed by atoms with Gasteiger partial charge < -0.3 is 0 Å². The largest absolute Gasteiger partial charge is 0.416 e. The highest BCUT2D eigenvalue weighted by Crippen LogP contribution is 2.53. The lowest BCUT2D eigenvalue weighted by molar-refractivity contribution is -0.144. The Bertz CT molecular complexity index is 1910. The molecule has 0 heterocycles. The van der Waals surface area contributed by atoms with Crippen LogP contribution in [0.3, 0.4) is 0 Å². The molecule has 6 rings (SSSR count). The van der Waals surface area contributed by atoms with Crippen LogP contribution in [-0.4, -0.2) is 5.66 Å². The van der Waals surface area contributed by atoms with Crippen molar-refractivity contribution in [1.29, 1.82) is 0 Å². The Hall–Kier alpha value is -3.88. The highest BCUT2D eigenvalue weighted by Gasteiger charge is 2.43. The first kappa shape index (κ1) is 40.8. The lowest BCUT2D eigenvalue weighted by Crippen LogP contribution is -2.28. The molecule has 5 aromatic rings. The van der Waals surface area contributed by atoms with E-state index in [9.17, 15) is 52.7 Å². The van der Waals surface area contributed by atoms with Crippen LogP contribution in [0.25, 0.3) is 0 Å². The zero-order valence-electron chi connectivity index (χ0n) is 28.3. The van der Waals surface area contributed by atoms with Crippen LogP contribution in [0, 0.1) is 31.1 Å². The molecule has 1 aliphatic carbocycles. The second-order valence-electron chi connectivity index (χ2n) is 12.5. The molecule has 1 fully saturated rings. The van der Waals surface area contributed by atoms with Crippen molar-refractivity contribution >= 4 is 42.4 Å². The molecule has 55 heavy (non-hydrogen) atoms. The van der Waals surface area contributed by atoms with Gasteiger partial charge in [0.05, 0.1) is 22.3 Å². The third kappa shape index (κ3) is 9.23. The van der Waals surface area contributed by atoms with E-state index < -0.39 is 79.1 Å². The van der Waals surface area contributed by atoms with Crippen LogP contribution < -0.4 is 26.5 Å². The van der Waals surface area contributed by atoms with Crippen LogP contribution in [0.5, 0.6) is 0 Å². The van der Waals surface area contributed by atoms with Crippen LogP contribution in [0.4, 0.5) is 52.7 Å². The first-order valence-corrected chi connectivity index (χ1v) is 19.1. The molecule has 0 spiro atoms. The number of hydrogen-bond acceptors (Lipinski definition) is 0. The lowest BCUT2D eigenvalue weighted by Gasteiger charge is -2.32. The van der Waals surface area contributed by atoms with Crippen molar-refractivity contribution in [1.82, 2.24) is 0 Å². The summed E-state index contributed by atoms with van der Waals surface area (Å²) >= 11 is 0. The summed E-state index contributed by atoms with van der Waals surface area (Å²) in [6.07, 6.45) is -16.5. The van der Waals surface area contributed by atoms with E-state index in [-0.39, 0.29) is 18.1 Å². The van der Waals surface area contributed by atoms with E-state index in [1.165, 1.54) is 13.3 Å². The monoisotopic (exact) mass is 809 g/mol. The van der Waals surface area contributed by atoms with E-state index in [1.54, 1.807) is 18.9 Å². The Morgan fingerprint density at radius 3 is 1.22 bits per heavy atom. The van der Waals surface area contributed by atoms with E-state index >= 15 is 0 Å². The average Bonchev–Trinajstić information content (AvgIpc) is 3.62. The minimum absolute atomic E-state index is 0.135. The molecule has 0 saturated heterocycles. The molecule has 0 nitrogen and oxygen atoms in total. The molecule has 0 aromatic heterocycles. The van der Waals surface area contributed by atoms with Gasteiger partial charge in [-0.2, -0.15) is 52.7 Å². The van der Waals surface area contributed by atoms with E-state index in [1.807, 2.05) is 78.9 Å². The maximum atomic E-state index is 14.0. The van der Waals surface area contributed by atoms with E-state index in [2.05, 4.69) is 0 Å². The lowest BCUT2D eigenvalue weighted by atomic mass is 9.95. The Morgan fingerprint density at radius 1 is 0.436 bits per heavy atom. The van der Waals surface area contributed by atoms with Crippen LogP contribution in [0.2, 0.25) is 0 Å². The van der Waals surface area contributed by atoms with Crippen molar-refractivity contribution < 1.29 is 52.7 Å². The number of halogens is 12. The summed E-state index contributed by atoms with van der Waals surface area (Å²) in [4.78, 5) is 0. The van der Waals surface area contributed by atoms with Gasteiger partial charge in [-0.1, -0.05) is 91.9 Å². The third-order valence-electron chi connectivity index (χ3n) is 8.83. The molecule has 5 radical (unpaired) electrons. The fourth-order valence-electron chi connectivity index (χ4n) is 6.28. The second kappa shape index (κ2) is 15.6. The topological polar surface area (TPSA) is 0 Å². The Morgan fingerprint density at radius 2 is 0.818 bits per heavy atom.